The van der Waals surface area contributed by atoms with Gasteiger partial charge in [-0.1, -0.05) is 27.7 Å². The molecule has 2 amide bonds. The lowest BCUT2D eigenvalue weighted by Gasteiger charge is -2.22. The summed E-state index contributed by atoms with van der Waals surface area (Å²) in [4.78, 5) is 23.4. The summed E-state index contributed by atoms with van der Waals surface area (Å²) in [5, 5.41) is 0.547. The topological polar surface area (TPSA) is 37.4 Å². The van der Waals surface area contributed by atoms with Crippen molar-refractivity contribution in [2.45, 2.75) is 6.42 Å². The number of hydrogen-bond donors (Lipinski definition) is 0. The van der Waals surface area contributed by atoms with Gasteiger partial charge in [0.2, 0.25) is 5.91 Å². The van der Waals surface area contributed by atoms with Crippen molar-refractivity contribution in [3.05, 3.63) is 0 Å². The first-order chi connectivity index (χ1) is 5.25. The number of carbonyl (C=O) groups excluding carboxylic acids is 2. The number of imide groups is 1. The minimum Gasteiger partial charge on any atom is -0.274 e. The highest BCUT2D eigenvalue weighted by Crippen LogP contribution is 2.17. The molecule has 1 saturated heterocycles. The van der Waals surface area contributed by atoms with E-state index in [1.54, 1.807) is 0 Å². The lowest BCUT2D eigenvalue weighted by atomic mass is 10.4. The lowest BCUT2D eigenvalue weighted by Crippen LogP contribution is -2.39. The average molecular weight is 238 g/mol. The molecule has 11 heavy (non-hydrogen) atoms. The van der Waals surface area contributed by atoms with Crippen molar-refractivity contribution in [2.75, 3.05) is 17.6 Å². The molecular formula is C6H8BrNO2S. The third kappa shape index (κ3) is 2.20. The van der Waals surface area contributed by atoms with Crippen LogP contribution in [0.1, 0.15) is 6.42 Å². The Balaban J connectivity index is 2.55. The van der Waals surface area contributed by atoms with Gasteiger partial charge in [0.25, 0.3) is 5.24 Å². The molecule has 0 aliphatic carbocycles. The van der Waals surface area contributed by atoms with Gasteiger partial charge in [0, 0.05) is 24.0 Å². The Morgan fingerprint density at radius 3 is 2.82 bits per heavy atom. The normalized spacial score (nSPS) is 19.2. The lowest BCUT2D eigenvalue weighted by molar-refractivity contribution is -0.127. The van der Waals surface area contributed by atoms with Crippen LogP contribution in [0.2, 0.25) is 0 Å². The van der Waals surface area contributed by atoms with E-state index in [0.29, 0.717) is 24.0 Å². The van der Waals surface area contributed by atoms with Gasteiger partial charge in [0.1, 0.15) is 0 Å². The molecule has 62 valence electrons. The van der Waals surface area contributed by atoms with Crippen molar-refractivity contribution < 1.29 is 9.59 Å². The number of carbonyl (C=O) groups is 2. The fourth-order valence-corrected chi connectivity index (χ4v) is 2.00. The zero-order chi connectivity index (χ0) is 8.27. The first-order valence-electron chi connectivity index (χ1n) is 3.29. The molecule has 0 aromatic carbocycles. The molecule has 0 spiro atoms. The highest BCUT2D eigenvalue weighted by molar-refractivity contribution is 9.09. The second-order valence-corrected chi connectivity index (χ2v) is 3.94. The van der Waals surface area contributed by atoms with E-state index in [0.717, 1.165) is 0 Å². The van der Waals surface area contributed by atoms with Gasteiger partial charge in [-0.05, 0) is 0 Å². The number of rotatable bonds is 2. The van der Waals surface area contributed by atoms with Crippen LogP contribution in [0.3, 0.4) is 0 Å². The predicted molar refractivity (Wildman–Crippen MR) is 48.0 cm³/mol. The summed E-state index contributed by atoms with van der Waals surface area (Å²) < 4.78 is 0. The first kappa shape index (κ1) is 9.06. The zero-order valence-corrected chi connectivity index (χ0v) is 8.28. The van der Waals surface area contributed by atoms with Gasteiger partial charge in [-0.2, -0.15) is 0 Å². The second kappa shape index (κ2) is 4.11. The minimum atomic E-state index is -0.110. The Morgan fingerprint density at radius 1 is 1.55 bits per heavy atom. The standard InChI is InChI=1S/C6H8BrNO2S/c7-2-3-8-5(9)1-4-11-6(8)10/h1-4H2. The largest absolute Gasteiger partial charge is 0.288 e. The Morgan fingerprint density at radius 2 is 2.27 bits per heavy atom. The van der Waals surface area contributed by atoms with Gasteiger partial charge in [-0.15, -0.1) is 0 Å². The van der Waals surface area contributed by atoms with Crippen molar-refractivity contribution >= 4 is 38.8 Å². The van der Waals surface area contributed by atoms with Gasteiger partial charge in [0.15, 0.2) is 0 Å². The van der Waals surface area contributed by atoms with Crippen molar-refractivity contribution in [3.8, 4) is 0 Å². The second-order valence-electron chi connectivity index (χ2n) is 2.10. The average Bonchev–Trinajstić information content (AvgIpc) is 1.97. The summed E-state index contributed by atoms with van der Waals surface area (Å²) in [6.45, 7) is 0.491. The molecule has 1 fully saturated rings. The molecule has 1 aliphatic rings. The number of alkyl halides is 1. The number of halogens is 1. The van der Waals surface area contributed by atoms with Crippen LogP contribution in [-0.4, -0.2) is 33.7 Å². The third-order valence-electron chi connectivity index (χ3n) is 1.37. The van der Waals surface area contributed by atoms with Crippen LogP contribution < -0.4 is 0 Å². The van der Waals surface area contributed by atoms with Crippen LogP contribution in [0, 0.1) is 0 Å². The summed E-state index contributed by atoms with van der Waals surface area (Å²) in [5.41, 5.74) is 0. The maximum Gasteiger partial charge on any atom is 0.288 e. The van der Waals surface area contributed by atoms with Crippen molar-refractivity contribution in [1.82, 2.24) is 4.90 Å². The smallest absolute Gasteiger partial charge is 0.274 e. The van der Waals surface area contributed by atoms with E-state index in [2.05, 4.69) is 15.9 Å². The van der Waals surface area contributed by atoms with Crippen molar-refractivity contribution in [3.63, 3.8) is 0 Å². The summed E-state index contributed by atoms with van der Waals surface area (Å²) >= 11 is 4.40. The van der Waals surface area contributed by atoms with Crippen molar-refractivity contribution in [2.24, 2.45) is 0 Å². The zero-order valence-electron chi connectivity index (χ0n) is 5.88. The SMILES string of the molecule is O=C1CCSC(=O)N1CCBr. The Hall–Kier alpha value is -0.0300. The maximum absolute atomic E-state index is 11.1. The molecule has 0 aromatic rings. The predicted octanol–water partition coefficient (Wildman–Crippen LogP) is 1.47. The minimum absolute atomic E-state index is 0.0480. The van der Waals surface area contributed by atoms with Crippen LogP contribution in [0.4, 0.5) is 4.79 Å². The monoisotopic (exact) mass is 237 g/mol. The van der Waals surface area contributed by atoms with Crippen LogP contribution in [0.5, 0.6) is 0 Å². The molecule has 5 heteroatoms. The Bertz CT molecular complexity index is 169. The van der Waals surface area contributed by atoms with E-state index >= 15 is 0 Å². The third-order valence-corrected chi connectivity index (χ3v) is 2.60. The summed E-state index contributed by atoms with van der Waals surface area (Å²) in [6, 6.07) is 0. The van der Waals surface area contributed by atoms with Gasteiger partial charge in [0.05, 0.1) is 0 Å². The van der Waals surface area contributed by atoms with Crippen LogP contribution in [-0.2, 0) is 4.79 Å². The van der Waals surface area contributed by atoms with Gasteiger partial charge in [-0.3, -0.25) is 14.5 Å². The molecule has 0 N–H and O–H groups in total. The van der Waals surface area contributed by atoms with E-state index in [1.807, 2.05) is 0 Å². The molecule has 0 atom stereocenters. The Kier molecular flexibility index (Phi) is 3.39. The fraction of sp³-hybridized carbons (Fsp3) is 0.667. The molecule has 1 aliphatic heterocycles. The summed E-state index contributed by atoms with van der Waals surface area (Å²) in [6.07, 6.45) is 0.489. The van der Waals surface area contributed by atoms with Crippen molar-refractivity contribution in [1.29, 1.82) is 0 Å². The van der Waals surface area contributed by atoms with Crippen LogP contribution in [0.15, 0.2) is 0 Å². The van der Waals surface area contributed by atoms with E-state index < -0.39 is 0 Å². The molecule has 1 heterocycles. The van der Waals surface area contributed by atoms with E-state index in [-0.39, 0.29) is 11.1 Å². The highest BCUT2D eigenvalue weighted by atomic mass is 79.9. The Labute approximate surface area is 77.6 Å². The van der Waals surface area contributed by atoms with Gasteiger partial charge in [-0.25, -0.2) is 0 Å². The number of nitrogens with zero attached hydrogens (tertiary/aromatic N) is 1. The van der Waals surface area contributed by atoms with Crippen LogP contribution >= 0.6 is 27.7 Å². The molecule has 0 saturated carbocycles. The molecule has 0 bridgehead atoms. The van der Waals surface area contributed by atoms with Gasteiger partial charge >= 0.3 is 0 Å². The van der Waals surface area contributed by atoms with Gasteiger partial charge < -0.3 is 0 Å². The number of amides is 2. The molecule has 0 aromatic heterocycles. The van der Waals surface area contributed by atoms with Crippen LogP contribution in [0.25, 0.3) is 0 Å². The molecule has 3 nitrogen and oxygen atoms in total. The maximum atomic E-state index is 11.1. The summed E-state index contributed by atoms with van der Waals surface area (Å²) in [7, 11) is 0. The van der Waals surface area contributed by atoms with E-state index in [9.17, 15) is 9.59 Å². The van der Waals surface area contributed by atoms with E-state index in [1.165, 1.54) is 16.7 Å². The molecule has 0 unspecified atom stereocenters. The molecule has 0 radical (unpaired) electrons. The quantitative estimate of drug-likeness (QED) is 0.683. The fourth-order valence-electron chi connectivity index (χ4n) is 0.841. The van der Waals surface area contributed by atoms with E-state index in [4.69, 9.17) is 0 Å². The number of thioether (sulfide) groups is 1. The number of hydrogen-bond acceptors (Lipinski definition) is 3. The molecular weight excluding hydrogens is 230 g/mol. The highest BCUT2D eigenvalue weighted by Gasteiger charge is 2.25. The summed E-state index contributed by atoms with van der Waals surface area (Å²) in [5.74, 6) is 0.587. The molecule has 1 rings (SSSR count). The first-order valence-corrected chi connectivity index (χ1v) is 5.39.